The Hall–Kier alpha value is -5.98. The third-order valence-electron chi connectivity index (χ3n) is 11.2. The predicted octanol–water partition coefficient (Wildman–Crippen LogP) is -0.695. The topological polar surface area (TPSA) is 332 Å². The Morgan fingerprint density at radius 1 is 0.515 bits per heavy atom. The van der Waals surface area contributed by atoms with E-state index in [1.807, 2.05) is 0 Å². The van der Waals surface area contributed by atoms with Crippen LogP contribution in [0.1, 0.15) is 22.3 Å². The van der Waals surface area contributed by atoms with Crippen LogP contribution in [0.15, 0.2) is 97.1 Å². The van der Waals surface area contributed by atoms with Gasteiger partial charge in [-0.2, -0.15) is 0 Å². The van der Waals surface area contributed by atoms with E-state index in [0.717, 1.165) is 0 Å². The van der Waals surface area contributed by atoms with Gasteiger partial charge in [0, 0.05) is 37.1 Å². The van der Waals surface area contributed by atoms with Gasteiger partial charge in [-0.15, -0.1) is 0 Å². The number of aliphatic hydroxyl groups excluding tert-OH is 9. The normalized spacial score (nSPS) is 29.9. The van der Waals surface area contributed by atoms with Crippen molar-refractivity contribution in [3.63, 3.8) is 0 Å². The van der Waals surface area contributed by atoms with Crippen molar-refractivity contribution >= 4 is 23.1 Å². The van der Waals surface area contributed by atoms with E-state index in [2.05, 4.69) is 0 Å². The summed E-state index contributed by atoms with van der Waals surface area (Å²) in [7, 11) is 0. The van der Waals surface area contributed by atoms with Gasteiger partial charge in [-0.25, -0.2) is 9.59 Å². The van der Waals surface area contributed by atoms with Crippen molar-refractivity contribution in [3.05, 3.63) is 119 Å². The fraction of sp³-hybridized carbons (Fsp3) is 0.348. The number of esters is 2. The molecule has 0 spiro atoms. The first-order chi connectivity index (χ1) is 31.5. The predicted molar refractivity (Wildman–Crippen MR) is 224 cm³/mol. The number of phenols is 3. The number of carbonyl (C=O) groups excluding carboxylic acids is 2. The van der Waals surface area contributed by atoms with Crippen molar-refractivity contribution < 1.29 is 99.3 Å². The fourth-order valence-electron chi connectivity index (χ4n) is 7.64. The molecule has 2 fully saturated rings. The summed E-state index contributed by atoms with van der Waals surface area (Å²) in [6, 6.07) is 20.8. The number of aliphatic hydroxyl groups is 9. The van der Waals surface area contributed by atoms with E-state index < -0.39 is 98.8 Å². The molecule has 20 heteroatoms. The molecule has 12 N–H and O–H groups in total. The van der Waals surface area contributed by atoms with Gasteiger partial charge in [0.1, 0.15) is 83.3 Å². The third kappa shape index (κ3) is 10.8. The number of hydrogen-bond donors (Lipinski definition) is 12. The molecule has 4 aromatic carbocycles. The lowest BCUT2D eigenvalue weighted by Crippen LogP contribution is -2.60. The molecule has 4 aromatic rings. The van der Waals surface area contributed by atoms with Crippen LogP contribution >= 0.6 is 0 Å². The zero-order valence-electron chi connectivity index (χ0n) is 34.6. The number of aromatic hydroxyl groups is 3. The third-order valence-corrected chi connectivity index (χ3v) is 11.2. The van der Waals surface area contributed by atoms with Crippen LogP contribution in [0, 0.1) is 0 Å². The number of rotatable bonds is 8. The van der Waals surface area contributed by atoms with Crippen LogP contribution in [-0.4, -0.2) is 160 Å². The summed E-state index contributed by atoms with van der Waals surface area (Å²) in [5, 5.41) is 119. The first-order valence-electron chi connectivity index (χ1n) is 20.5. The highest BCUT2D eigenvalue weighted by Crippen LogP contribution is 2.36. The second-order valence-electron chi connectivity index (χ2n) is 15.8. The molecule has 0 aromatic heterocycles. The van der Waals surface area contributed by atoms with Crippen molar-refractivity contribution in [2.75, 3.05) is 13.2 Å². The molecule has 0 bridgehead atoms. The molecule has 4 aliphatic heterocycles. The smallest absolute Gasteiger partial charge is 0.336 e. The van der Waals surface area contributed by atoms with Gasteiger partial charge in [0.2, 0.25) is 6.29 Å². The highest BCUT2D eigenvalue weighted by Gasteiger charge is 2.46. The van der Waals surface area contributed by atoms with Gasteiger partial charge in [0.05, 0.1) is 25.4 Å². The maximum Gasteiger partial charge on any atom is 0.336 e. The molecule has 10 unspecified atom stereocenters. The zero-order chi connectivity index (χ0) is 47.4. The molecule has 20 nitrogen and oxygen atoms in total. The SMILES string of the molecule is O=C1C=C(c2ccc(O)cc2)[C@@H](OC2OC(CO)C(O)C(O)C2O)Cc2ccc(O)cc2O1.O=C1C=C(c2ccc(O)cc2)[C@H](O)Cc2ccc(OC3OC(CO)C(O)C(O)C3O)cc2O1. The van der Waals surface area contributed by atoms with E-state index in [1.165, 1.54) is 60.7 Å². The Morgan fingerprint density at radius 2 is 0.985 bits per heavy atom. The molecule has 2 saturated heterocycles. The van der Waals surface area contributed by atoms with E-state index in [9.17, 15) is 70.9 Å². The van der Waals surface area contributed by atoms with Crippen LogP contribution in [-0.2, 0) is 36.6 Å². The zero-order valence-corrected chi connectivity index (χ0v) is 34.6. The molecular weight excluding hydrogens is 872 g/mol. The fourth-order valence-corrected chi connectivity index (χ4v) is 7.64. The number of phenolic OH excluding ortho intramolecular Hbond substituents is 3. The lowest BCUT2D eigenvalue weighted by Gasteiger charge is -2.41. The van der Waals surface area contributed by atoms with Gasteiger partial charge < -0.3 is 89.7 Å². The average molecular weight is 921 g/mol. The first kappa shape index (κ1) is 48.0. The molecule has 352 valence electrons. The van der Waals surface area contributed by atoms with Gasteiger partial charge in [-0.3, -0.25) is 0 Å². The second kappa shape index (κ2) is 20.7. The molecule has 0 saturated carbocycles. The summed E-state index contributed by atoms with van der Waals surface area (Å²) in [5.41, 5.74) is 2.79. The number of carbonyl (C=O) groups is 2. The van der Waals surface area contributed by atoms with Gasteiger partial charge in [0.15, 0.2) is 6.29 Å². The van der Waals surface area contributed by atoms with Gasteiger partial charge >= 0.3 is 11.9 Å². The molecule has 4 aliphatic rings. The Bertz CT molecular complexity index is 2400. The highest BCUT2D eigenvalue weighted by molar-refractivity contribution is 5.95. The van der Waals surface area contributed by atoms with Crippen molar-refractivity contribution in [2.24, 2.45) is 0 Å². The Kier molecular flexibility index (Phi) is 15.0. The van der Waals surface area contributed by atoms with Crippen molar-refractivity contribution in [1.29, 1.82) is 0 Å². The van der Waals surface area contributed by atoms with Crippen LogP contribution in [0.25, 0.3) is 11.1 Å². The number of hydrogen-bond acceptors (Lipinski definition) is 20. The molecule has 12 atom stereocenters. The quantitative estimate of drug-likeness (QED) is 0.0768. The first-order valence-corrected chi connectivity index (χ1v) is 20.5. The molecule has 4 heterocycles. The van der Waals surface area contributed by atoms with E-state index in [4.69, 9.17) is 28.4 Å². The Balaban J connectivity index is 0.000000196. The summed E-state index contributed by atoms with van der Waals surface area (Å²) in [5.74, 6) is -1.12. The summed E-state index contributed by atoms with van der Waals surface area (Å²) in [4.78, 5) is 25.0. The lowest BCUT2D eigenvalue weighted by molar-refractivity contribution is -0.306. The molecule has 0 aliphatic carbocycles. The largest absolute Gasteiger partial charge is 0.508 e. The Labute approximate surface area is 375 Å². The minimum atomic E-state index is -1.64. The minimum absolute atomic E-state index is 0.0139. The number of ether oxygens (including phenoxy) is 6. The molecule has 8 rings (SSSR count). The van der Waals surface area contributed by atoms with Crippen LogP contribution in [0.3, 0.4) is 0 Å². The summed E-state index contributed by atoms with van der Waals surface area (Å²) in [6.07, 6.45) is -14.0. The van der Waals surface area contributed by atoms with Crippen LogP contribution in [0.5, 0.6) is 34.5 Å². The van der Waals surface area contributed by atoms with Gasteiger partial charge in [-0.05, 0) is 69.8 Å². The number of benzene rings is 4. The second-order valence-corrected chi connectivity index (χ2v) is 15.8. The summed E-state index contributed by atoms with van der Waals surface area (Å²) in [6.45, 7) is -1.22. The van der Waals surface area contributed by atoms with Gasteiger partial charge in [0.25, 0.3) is 0 Å². The van der Waals surface area contributed by atoms with E-state index in [0.29, 0.717) is 33.4 Å². The molecule has 0 radical (unpaired) electrons. The average Bonchev–Trinajstić information content (AvgIpc) is 3.29. The standard InChI is InChI=1S/2C23H24O10/c24-10-18-20(28)21(29)22(30)23(33-18)32-17-7-12-3-6-14(26)8-16(12)31-19(27)9-15(17)11-1-4-13(25)5-2-11;24-10-18-20(28)21(29)22(30)23(33-18)31-14-6-3-12-7-16(26)15(9-19(27)32-17(12)8-14)11-1-4-13(25)5-2-11/h1-6,8-9,17-18,20-26,28-30H,7,10H2;1-6,8-9,16,18,20-26,28-30H,7,10H2/t17-,18?,20?,21?,22?,23?;16-,18?,20?,21?,22?,23?/m01/s1. The Morgan fingerprint density at radius 3 is 1.56 bits per heavy atom. The molecule has 0 amide bonds. The van der Waals surface area contributed by atoms with Crippen LogP contribution in [0.2, 0.25) is 0 Å². The number of fused-ring (bicyclic) bond motifs is 2. The highest BCUT2D eigenvalue weighted by atomic mass is 16.7. The van der Waals surface area contributed by atoms with Crippen LogP contribution < -0.4 is 14.2 Å². The van der Waals surface area contributed by atoms with Crippen molar-refractivity contribution in [1.82, 2.24) is 0 Å². The van der Waals surface area contributed by atoms with Crippen LogP contribution in [0.4, 0.5) is 0 Å². The monoisotopic (exact) mass is 920 g/mol. The molecule has 66 heavy (non-hydrogen) atoms. The minimum Gasteiger partial charge on any atom is -0.508 e. The van der Waals surface area contributed by atoms with E-state index in [-0.39, 0.29) is 47.3 Å². The van der Waals surface area contributed by atoms with E-state index in [1.54, 1.807) is 36.4 Å². The van der Waals surface area contributed by atoms with Gasteiger partial charge in [-0.1, -0.05) is 36.4 Å². The van der Waals surface area contributed by atoms with Crippen molar-refractivity contribution in [2.45, 2.75) is 86.5 Å². The summed E-state index contributed by atoms with van der Waals surface area (Å²) < 4.78 is 33.2. The maximum atomic E-state index is 12.6. The van der Waals surface area contributed by atoms with Crippen molar-refractivity contribution in [3.8, 4) is 34.5 Å². The maximum absolute atomic E-state index is 12.6. The molecular formula is C46H48O20. The lowest BCUT2D eigenvalue weighted by atomic mass is 9.93. The summed E-state index contributed by atoms with van der Waals surface area (Å²) >= 11 is 0. The van der Waals surface area contributed by atoms with E-state index >= 15 is 0 Å².